The molecule has 0 radical (unpaired) electrons. The van der Waals surface area contributed by atoms with E-state index in [0.717, 1.165) is 30.4 Å². The van der Waals surface area contributed by atoms with Crippen molar-refractivity contribution in [1.29, 1.82) is 0 Å². The summed E-state index contributed by atoms with van der Waals surface area (Å²) in [5, 5.41) is 0. The predicted molar refractivity (Wildman–Crippen MR) is 71.9 cm³/mol. The smallest absolute Gasteiger partial charge is 0.333 e. The first-order valence-corrected chi connectivity index (χ1v) is 7.43. The van der Waals surface area contributed by atoms with Crippen molar-refractivity contribution in [3.05, 3.63) is 23.3 Å². The molecule has 5 atom stereocenters. The first-order chi connectivity index (χ1) is 10.0. The Hall–Kier alpha value is -1.62. The van der Waals surface area contributed by atoms with Gasteiger partial charge in [-0.1, -0.05) is 6.42 Å². The van der Waals surface area contributed by atoms with Gasteiger partial charge in [-0.25, -0.2) is 4.79 Å². The van der Waals surface area contributed by atoms with E-state index in [0.29, 0.717) is 0 Å². The van der Waals surface area contributed by atoms with Crippen LogP contribution in [0.25, 0.3) is 0 Å². The zero-order valence-corrected chi connectivity index (χ0v) is 12.1. The molecule has 5 heteroatoms. The van der Waals surface area contributed by atoms with Crippen molar-refractivity contribution in [1.82, 2.24) is 0 Å². The largest absolute Gasteiger partial charge is 0.457 e. The summed E-state index contributed by atoms with van der Waals surface area (Å²) in [5.74, 6) is -0.188. The van der Waals surface area contributed by atoms with Gasteiger partial charge in [0.05, 0.1) is 5.41 Å². The Bertz CT molecular complexity index is 589. The summed E-state index contributed by atoms with van der Waals surface area (Å²) >= 11 is 0. The summed E-state index contributed by atoms with van der Waals surface area (Å²) in [7, 11) is 1.51. The van der Waals surface area contributed by atoms with Gasteiger partial charge in [0.25, 0.3) is 0 Å². The van der Waals surface area contributed by atoms with E-state index in [-0.39, 0.29) is 29.9 Å². The first kappa shape index (κ1) is 13.1. The fraction of sp³-hybridized carbons (Fsp3) is 0.625. The number of carbonyl (C=O) groups is 2. The monoisotopic (exact) mass is 290 g/mol. The maximum atomic E-state index is 12.3. The molecule has 4 rings (SSSR count). The molecule has 21 heavy (non-hydrogen) atoms. The lowest BCUT2D eigenvalue weighted by Gasteiger charge is -2.45. The van der Waals surface area contributed by atoms with Gasteiger partial charge in [-0.15, -0.1) is 0 Å². The number of carbonyl (C=O) groups excluding carboxylic acids is 2. The maximum absolute atomic E-state index is 12.3. The summed E-state index contributed by atoms with van der Waals surface area (Å²) in [5.41, 5.74) is 1.39. The fourth-order valence-electron chi connectivity index (χ4n) is 4.52. The summed E-state index contributed by atoms with van der Waals surface area (Å²) in [6.07, 6.45) is 5.37. The van der Waals surface area contributed by atoms with E-state index in [4.69, 9.17) is 14.2 Å². The molecule has 0 aromatic heterocycles. The number of hydrogen-bond acceptors (Lipinski definition) is 5. The minimum atomic E-state index is -0.689. The van der Waals surface area contributed by atoms with Crippen molar-refractivity contribution in [3.8, 4) is 0 Å². The van der Waals surface area contributed by atoms with E-state index in [9.17, 15) is 9.59 Å². The van der Waals surface area contributed by atoms with Crippen LogP contribution < -0.4 is 0 Å². The zero-order chi connectivity index (χ0) is 14.8. The van der Waals surface area contributed by atoms with E-state index in [1.807, 2.05) is 13.0 Å². The predicted octanol–water partition coefficient (Wildman–Crippen LogP) is 1.73. The minimum absolute atomic E-state index is 0.112. The molecule has 0 aromatic carbocycles. The highest BCUT2D eigenvalue weighted by atomic mass is 16.7. The molecule has 2 fully saturated rings. The molecule has 4 aliphatic rings. The van der Waals surface area contributed by atoms with Gasteiger partial charge >= 0.3 is 11.9 Å². The second-order valence-corrected chi connectivity index (χ2v) is 6.54. The van der Waals surface area contributed by atoms with Gasteiger partial charge in [-0.2, -0.15) is 0 Å². The molecule has 5 nitrogen and oxygen atoms in total. The topological polar surface area (TPSA) is 61.8 Å². The lowest BCUT2D eigenvalue weighted by Crippen LogP contribution is -2.45. The van der Waals surface area contributed by atoms with Crippen molar-refractivity contribution in [2.45, 2.75) is 38.6 Å². The van der Waals surface area contributed by atoms with Crippen LogP contribution in [0.2, 0.25) is 0 Å². The van der Waals surface area contributed by atoms with Crippen LogP contribution in [0.1, 0.15) is 26.2 Å². The average molecular weight is 290 g/mol. The average Bonchev–Trinajstić information content (AvgIpc) is 2.72. The molecule has 2 heterocycles. The third-order valence-electron chi connectivity index (χ3n) is 5.49. The number of hydrogen-bond donors (Lipinski definition) is 0. The normalized spacial score (nSPS) is 44.1. The number of fused-ring (bicyclic) bond motifs is 2. The van der Waals surface area contributed by atoms with E-state index in [2.05, 4.69) is 0 Å². The molecule has 2 aliphatic heterocycles. The highest BCUT2D eigenvalue weighted by Gasteiger charge is 2.60. The van der Waals surface area contributed by atoms with Crippen LogP contribution in [0.5, 0.6) is 0 Å². The van der Waals surface area contributed by atoms with E-state index < -0.39 is 11.7 Å². The van der Waals surface area contributed by atoms with Gasteiger partial charge in [0.15, 0.2) is 0 Å². The van der Waals surface area contributed by atoms with Gasteiger partial charge in [-0.05, 0) is 37.3 Å². The summed E-state index contributed by atoms with van der Waals surface area (Å²) in [6.45, 7) is 2.00. The molecule has 0 aromatic rings. The number of ether oxygens (including phenoxy) is 3. The molecule has 0 N–H and O–H groups in total. The highest BCUT2D eigenvalue weighted by Crippen LogP contribution is 2.58. The Morgan fingerprint density at radius 1 is 1.29 bits per heavy atom. The van der Waals surface area contributed by atoms with Crippen LogP contribution >= 0.6 is 0 Å². The maximum Gasteiger partial charge on any atom is 0.333 e. The summed E-state index contributed by atoms with van der Waals surface area (Å²) < 4.78 is 16.1. The summed E-state index contributed by atoms with van der Waals surface area (Å²) in [6, 6.07) is 0. The quantitative estimate of drug-likeness (QED) is 0.688. The van der Waals surface area contributed by atoms with Gasteiger partial charge in [0, 0.05) is 24.7 Å². The van der Waals surface area contributed by atoms with Crippen molar-refractivity contribution in [2.24, 2.45) is 17.3 Å². The second kappa shape index (κ2) is 4.19. The van der Waals surface area contributed by atoms with E-state index in [1.165, 1.54) is 7.11 Å². The molecule has 5 unspecified atom stereocenters. The second-order valence-electron chi connectivity index (χ2n) is 6.54. The Balaban J connectivity index is 1.85. The number of rotatable bonds is 1. The number of esters is 2. The van der Waals surface area contributed by atoms with Crippen LogP contribution in [-0.2, 0) is 23.8 Å². The van der Waals surface area contributed by atoms with Crippen molar-refractivity contribution >= 4 is 11.9 Å². The van der Waals surface area contributed by atoms with Gasteiger partial charge in [0.2, 0.25) is 6.29 Å². The van der Waals surface area contributed by atoms with Gasteiger partial charge in [-0.3, -0.25) is 4.79 Å². The third-order valence-corrected chi connectivity index (χ3v) is 5.49. The number of cyclic esters (lactones) is 1. The standard InChI is InChI=1S/C16H18O5/c1-16-5-3-4-8-9-7-12(17)21-14(19-2)10(9)6-11(13(8)16)20-15(16)18/h6-8,11,13-14H,3-5H2,1-2H3. The molecule has 1 saturated carbocycles. The highest BCUT2D eigenvalue weighted by molar-refractivity contribution is 5.87. The molecule has 0 bridgehead atoms. The van der Waals surface area contributed by atoms with Crippen LogP contribution in [0.3, 0.4) is 0 Å². The van der Waals surface area contributed by atoms with E-state index >= 15 is 0 Å². The SMILES string of the molecule is COC1OC(=O)C=C2C1=CC1OC(=O)C3(C)CCCC2C13. The van der Waals surface area contributed by atoms with Crippen LogP contribution in [0.15, 0.2) is 23.3 Å². The van der Waals surface area contributed by atoms with Crippen LogP contribution in [-0.4, -0.2) is 31.4 Å². The van der Waals surface area contributed by atoms with Crippen molar-refractivity contribution in [3.63, 3.8) is 0 Å². The Kier molecular flexibility index (Phi) is 2.61. The lowest BCUT2D eigenvalue weighted by atomic mass is 9.57. The molecular formula is C16H18O5. The number of methoxy groups -OCH3 is 1. The summed E-state index contributed by atoms with van der Waals surface area (Å²) in [4.78, 5) is 24.1. The first-order valence-electron chi connectivity index (χ1n) is 7.43. The minimum Gasteiger partial charge on any atom is -0.457 e. The fourth-order valence-corrected chi connectivity index (χ4v) is 4.52. The van der Waals surface area contributed by atoms with Crippen molar-refractivity contribution < 1.29 is 23.8 Å². The lowest BCUT2D eigenvalue weighted by molar-refractivity contribution is -0.162. The molecule has 0 spiro atoms. The molecule has 112 valence electrons. The van der Waals surface area contributed by atoms with Crippen LogP contribution in [0, 0.1) is 17.3 Å². The molecule has 0 amide bonds. The van der Waals surface area contributed by atoms with Gasteiger partial charge < -0.3 is 14.2 Å². The Morgan fingerprint density at radius 3 is 2.86 bits per heavy atom. The van der Waals surface area contributed by atoms with E-state index in [1.54, 1.807) is 6.08 Å². The molecule has 1 saturated heterocycles. The van der Waals surface area contributed by atoms with Crippen molar-refractivity contribution in [2.75, 3.05) is 7.11 Å². The Labute approximate surface area is 122 Å². The zero-order valence-electron chi connectivity index (χ0n) is 12.1. The Morgan fingerprint density at radius 2 is 2.10 bits per heavy atom. The molecular weight excluding hydrogens is 272 g/mol. The third kappa shape index (κ3) is 1.61. The van der Waals surface area contributed by atoms with Gasteiger partial charge in [0.1, 0.15) is 6.10 Å². The van der Waals surface area contributed by atoms with Crippen LogP contribution in [0.4, 0.5) is 0 Å². The molecule has 2 aliphatic carbocycles.